The van der Waals surface area contributed by atoms with Gasteiger partial charge in [-0.15, -0.1) is 11.3 Å². The molecule has 0 aliphatic rings. The van der Waals surface area contributed by atoms with E-state index in [1.807, 2.05) is 24.3 Å². The molecule has 5 aromatic rings. The first-order valence-corrected chi connectivity index (χ1v) is 11.0. The van der Waals surface area contributed by atoms with E-state index in [-0.39, 0.29) is 6.42 Å². The van der Waals surface area contributed by atoms with Crippen LogP contribution in [0.4, 0.5) is 5.69 Å². The van der Waals surface area contributed by atoms with Crippen molar-refractivity contribution in [1.82, 2.24) is 0 Å². The summed E-state index contributed by atoms with van der Waals surface area (Å²) < 4.78 is 1.28. The van der Waals surface area contributed by atoms with Crippen molar-refractivity contribution in [1.29, 1.82) is 0 Å². The molecule has 0 aliphatic carbocycles. The summed E-state index contributed by atoms with van der Waals surface area (Å²) in [6.45, 7) is 0.731. The van der Waals surface area contributed by atoms with Crippen LogP contribution < -0.4 is 5.32 Å². The second kappa shape index (κ2) is 8.25. The average molecular weight is 424 g/mol. The SMILES string of the molecule is O=C(O)Cc1ccc(NCc2cc3c(-c4ccc5ccccc5c4)cccc3s2)cc1. The molecule has 0 unspecified atom stereocenters. The number of carbonyl (C=O) groups is 1. The lowest BCUT2D eigenvalue weighted by atomic mass is 9.99. The number of hydrogen-bond acceptors (Lipinski definition) is 3. The summed E-state index contributed by atoms with van der Waals surface area (Å²) in [5.41, 5.74) is 4.28. The number of hydrogen-bond donors (Lipinski definition) is 2. The van der Waals surface area contributed by atoms with Gasteiger partial charge in [-0.1, -0.05) is 60.7 Å². The fraction of sp³-hybridized carbons (Fsp3) is 0.0741. The molecule has 0 aliphatic heterocycles. The van der Waals surface area contributed by atoms with Gasteiger partial charge in [0.2, 0.25) is 0 Å². The highest BCUT2D eigenvalue weighted by atomic mass is 32.1. The van der Waals surface area contributed by atoms with Gasteiger partial charge in [0.15, 0.2) is 0 Å². The van der Waals surface area contributed by atoms with E-state index < -0.39 is 5.97 Å². The van der Waals surface area contributed by atoms with Crippen molar-refractivity contribution in [2.75, 3.05) is 5.32 Å². The van der Waals surface area contributed by atoms with Crippen LogP contribution in [0, 0.1) is 0 Å². The van der Waals surface area contributed by atoms with Crippen LogP contribution in [0.5, 0.6) is 0 Å². The number of thiophene rings is 1. The van der Waals surface area contributed by atoms with Gasteiger partial charge in [0, 0.05) is 27.2 Å². The number of carboxylic acids is 1. The van der Waals surface area contributed by atoms with Gasteiger partial charge in [0.25, 0.3) is 0 Å². The zero-order valence-electron chi connectivity index (χ0n) is 16.8. The molecule has 0 atom stereocenters. The van der Waals surface area contributed by atoms with Crippen molar-refractivity contribution in [3.8, 4) is 11.1 Å². The van der Waals surface area contributed by atoms with Crippen LogP contribution in [-0.4, -0.2) is 11.1 Å². The minimum atomic E-state index is -0.812. The number of rotatable bonds is 6. The molecule has 0 saturated heterocycles. The Hall–Kier alpha value is -3.63. The Morgan fingerprint density at radius 3 is 2.45 bits per heavy atom. The van der Waals surface area contributed by atoms with Gasteiger partial charge in [-0.05, 0) is 57.8 Å². The standard InChI is InChI=1S/C27H21NO2S/c29-27(30)14-18-8-12-22(13-9-18)28-17-23-16-25-24(6-3-7-26(25)31-23)21-11-10-19-4-1-2-5-20(19)15-21/h1-13,15-16,28H,14,17H2,(H,29,30). The fourth-order valence-corrected chi connectivity index (χ4v) is 4.94. The lowest BCUT2D eigenvalue weighted by Gasteiger charge is -2.06. The molecule has 4 heteroatoms. The van der Waals surface area contributed by atoms with Crippen LogP contribution in [0.15, 0.2) is 91.0 Å². The van der Waals surface area contributed by atoms with Crippen LogP contribution in [0.2, 0.25) is 0 Å². The summed E-state index contributed by atoms with van der Waals surface area (Å²) in [5, 5.41) is 16.1. The van der Waals surface area contributed by atoms with Gasteiger partial charge in [-0.25, -0.2) is 0 Å². The molecule has 0 spiro atoms. The molecule has 0 amide bonds. The van der Waals surface area contributed by atoms with Gasteiger partial charge in [-0.3, -0.25) is 4.79 Å². The van der Waals surface area contributed by atoms with E-state index in [0.717, 1.165) is 17.8 Å². The Labute approximate surface area is 184 Å². The zero-order valence-corrected chi connectivity index (χ0v) is 17.7. The summed E-state index contributed by atoms with van der Waals surface area (Å²) in [6.07, 6.45) is 0.0497. The normalized spacial score (nSPS) is 11.1. The summed E-state index contributed by atoms with van der Waals surface area (Å²) >= 11 is 1.80. The number of benzene rings is 4. The largest absolute Gasteiger partial charge is 0.481 e. The van der Waals surface area contributed by atoms with Crippen molar-refractivity contribution >= 4 is 43.9 Å². The first-order chi connectivity index (χ1) is 15.2. The smallest absolute Gasteiger partial charge is 0.307 e. The maximum absolute atomic E-state index is 10.8. The molecule has 0 bridgehead atoms. The lowest BCUT2D eigenvalue weighted by molar-refractivity contribution is -0.136. The molecule has 0 radical (unpaired) electrons. The molecule has 4 aromatic carbocycles. The van der Waals surface area contributed by atoms with E-state index in [9.17, 15) is 4.79 Å². The molecule has 3 nitrogen and oxygen atoms in total. The molecule has 0 fully saturated rings. The number of aliphatic carboxylic acids is 1. The lowest BCUT2D eigenvalue weighted by Crippen LogP contribution is -2.01. The van der Waals surface area contributed by atoms with E-state index >= 15 is 0 Å². The van der Waals surface area contributed by atoms with Gasteiger partial charge < -0.3 is 10.4 Å². The van der Waals surface area contributed by atoms with Crippen LogP contribution in [0.1, 0.15) is 10.4 Å². The van der Waals surface area contributed by atoms with Gasteiger partial charge >= 0.3 is 5.97 Å². The zero-order chi connectivity index (χ0) is 21.2. The summed E-state index contributed by atoms with van der Waals surface area (Å²) in [4.78, 5) is 12.1. The predicted molar refractivity (Wildman–Crippen MR) is 130 cm³/mol. The molecule has 2 N–H and O–H groups in total. The monoisotopic (exact) mass is 423 g/mol. The van der Waals surface area contributed by atoms with E-state index in [1.165, 1.54) is 36.9 Å². The van der Waals surface area contributed by atoms with Gasteiger partial charge in [0.1, 0.15) is 0 Å². The van der Waals surface area contributed by atoms with Gasteiger partial charge in [0.05, 0.1) is 6.42 Å². The van der Waals surface area contributed by atoms with Crippen LogP contribution >= 0.6 is 11.3 Å². The maximum atomic E-state index is 10.8. The van der Waals surface area contributed by atoms with Crippen molar-refractivity contribution in [3.05, 3.63) is 101 Å². The van der Waals surface area contributed by atoms with E-state index in [0.29, 0.717) is 0 Å². The molecule has 31 heavy (non-hydrogen) atoms. The topological polar surface area (TPSA) is 49.3 Å². The second-order valence-corrected chi connectivity index (χ2v) is 8.78. The molecule has 0 saturated carbocycles. The summed E-state index contributed by atoms with van der Waals surface area (Å²) in [6, 6.07) is 31.5. The highest BCUT2D eigenvalue weighted by molar-refractivity contribution is 7.19. The minimum Gasteiger partial charge on any atom is -0.481 e. The van der Waals surface area contributed by atoms with Crippen molar-refractivity contribution < 1.29 is 9.90 Å². The number of fused-ring (bicyclic) bond motifs is 2. The quantitative estimate of drug-likeness (QED) is 0.310. The van der Waals surface area contributed by atoms with Crippen molar-refractivity contribution in [2.45, 2.75) is 13.0 Å². The first-order valence-electron chi connectivity index (χ1n) is 10.2. The first kappa shape index (κ1) is 19.3. The third-order valence-electron chi connectivity index (χ3n) is 5.45. The van der Waals surface area contributed by atoms with E-state index in [2.05, 4.69) is 72.0 Å². The molecule has 152 valence electrons. The summed E-state index contributed by atoms with van der Waals surface area (Å²) in [7, 11) is 0. The Kier molecular flexibility index (Phi) is 5.14. The Morgan fingerprint density at radius 1 is 0.839 bits per heavy atom. The van der Waals surface area contributed by atoms with E-state index in [1.54, 1.807) is 11.3 Å². The third kappa shape index (κ3) is 4.16. The molecule has 1 aromatic heterocycles. The Balaban J connectivity index is 1.39. The maximum Gasteiger partial charge on any atom is 0.307 e. The number of anilines is 1. The van der Waals surface area contributed by atoms with Crippen LogP contribution in [-0.2, 0) is 17.8 Å². The Morgan fingerprint density at radius 2 is 1.65 bits per heavy atom. The predicted octanol–water partition coefficient (Wildman–Crippen LogP) is 6.96. The average Bonchev–Trinajstić information content (AvgIpc) is 3.21. The van der Waals surface area contributed by atoms with Crippen LogP contribution in [0.3, 0.4) is 0 Å². The second-order valence-electron chi connectivity index (χ2n) is 7.61. The number of carboxylic acid groups (broad SMARTS) is 1. The van der Waals surface area contributed by atoms with Crippen molar-refractivity contribution in [2.24, 2.45) is 0 Å². The van der Waals surface area contributed by atoms with Crippen LogP contribution in [0.25, 0.3) is 32.0 Å². The Bertz CT molecular complexity index is 1390. The molecule has 5 rings (SSSR count). The highest BCUT2D eigenvalue weighted by Gasteiger charge is 2.09. The fourth-order valence-electron chi connectivity index (χ4n) is 3.91. The number of nitrogens with one attached hydrogen (secondary N) is 1. The summed E-state index contributed by atoms with van der Waals surface area (Å²) in [5.74, 6) is -0.812. The van der Waals surface area contributed by atoms with Crippen molar-refractivity contribution in [3.63, 3.8) is 0 Å². The third-order valence-corrected chi connectivity index (χ3v) is 6.55. The minimum absolute atomic E-state index is 0.0497. The molecular weight excluding hydrogens is 402 g/mol. The van der Waals surface area contributed by atoms with Gasteiger partial charge in [-0.2, -0.15) is 0 Å². The molecular formula is C27H21NO2S. The highest BCUT2D eigenvalue weighted by Crippen LogP contribution is 2.35. The van der Waals surface area contributed by atoms with E-state index in [4.69, 9.17) is 5.11 Å². The molecule has 1 heterocycles.